The van der Waals surface area contributed by atoms with Gasteiger partial charge in [-0.05, 0) is 23.8 Å². The molecule has 0 aliphatic heterocycles. The standard InChI is InChI=1S/C10H10N2O4/c1-16-10(13)9(7-12(14)15)6-8-2-4-11-5-3-8/h2-6H,7H2,1H3. The molecule has 0 aliphatic carbocycles. The Morgan fingerprint density at radius 3 is 2.69 bits per heavy atom. The second kappa shape index (κ2) is 5.59. The fourth-order valence-corrected chi connectivity index (χ4v) is 1.10. The average Bonchev–Trinajstić information content (AvgIpc) is 2.28. The van der Waals surface area contributed by atoms with Crippen LogP contribution < -0.4 is 0 Å². The Balaban J connectivity index is 2.96. The van der Waals surface area contributed by atoms with Gasteiger partial charge in [0, 0.05) is 17.3 Å². The number of nitrogens with zero attached hydrogens (tertiary/aromatic N) is 2. The molecule has 6 heteroatoms. The van der Waals surface area contributed by atoms with E-state index in [2.05, 4.69) is 9.72 Å². The van der Waals surface area contributed by atoms with Gasteiger partial charge in [0.15, 0.2) is 0 Å². The number of methoxy groups -OCH3 is 1. The molecule has 0 fully saturated rings. The summed E-state index contributed by atoms with van der Waals surface area (Å²) in [4.78, 5) is 24.8. The highest BCUT2D eigenvalue weighted by atomic mass is 16.6. The first-order chi connectivity index (χ1) is 7.63. The van der Waals surface area contributed by atoms with E-state index in [1.54, 1.807) is 12.1 Å². The molecule has 84 valence electrons. The third-order valence-corrected chi connectivity index (χ3v) is 1.79. The third kappa shape index (κ3) is 3.49. The van der Waals surface area contributed by atoms with Gasteiger partial charge in [0.25, 0.3) is 0 Å². The minimum atomic E-state index is -0.700. The van der Waals surface area contributed by atoms with E-state index in [1.165, 1.54) is 25.6 Å². The number of pyridine rings is 1. The van der Waals surface area contributed by atoms with E-state index in [1.807, 2.05) is 0 Å². The van der Waals surface area contributed by atoms with Crippen LogP contribution >= 0.6 is 0 Å². The molecule has 1 aromatic rings. The summed E-state index contributed by atoms with van der Waals surface area (Å²) in [5.41, 5.74) is 0.663. The SMILES string of the molecule is COC(=O)C(=Cc1ccncc1)C[N+](=O)[O-]. The van der Waals surface area contributed by atoms with Crippen molar-refractivity contribution in [1.82, 2.24) is 4.98 Å². The van der Waals surface area contributed by atoms with Crippen LogP contribution in [0.2, 0.25) is 0 Å². The highest BCUT2D eigenvalue weighted by Gasteiger charge is 2.15. The van der Waals surface area contributed by atoms with E-state index in [0.717, 1.165) is 0 Å². The van der Waals surface area contributed by atoms with Gasteiger partial charge in [-0.15, -0.1) is 0 Å². The Kier molecular flexibility index (Phi) is 4.14. The first kappa shape index (κ1) is 11.8. The summed E-state index contributed by atoms with van der Waals surface area (Å²) in [5, 5.41) is 10.4. The first-order valence-corrected chi connectivity index (χ1v) is 4.44. The van der Waals surface area contributed by atoms with Gasteiger partial charge in [-0.2, -0.15) is 0 Å². The molecule has 0 amide bonds. The summed E-state index contributed by atoms with van der Waals surface area (Å²) in [7, 11) is 1.18. The quantitative estimate of drug-likeness (QED) is 0.327. The summed E-state index contributed by atoms with van der Waals surface area (Å²) in [6.45, 7) is -0.561. The van der Waals surface area contributed by atoms with Gasteiger partial charge in [0.05, 0.1) is 7.11 Å². The maximum atomic E-state index is 11.2. The molecular formula is C10H10N2O4. The van der Waals surface area contributed by atoms with Gasteiger partial charge in [-0.3, -0.25) is 15.1 Å². The number of carbonyl (C=O) groups is 1. The van der Waals surface area contributed by atoms with Gasteiger partial charge in [-0.25, -0.2) is 4.79 Å². The Labute approximate surface area is 91.7 Å². The number of rotatable bonds is 4. The number of carbonyl (C=O) groups excluding carboxylic acids is 1. The normalized spacial score (nSPS) is 10.9. The van der Waals surface area contributed by atoms with Gasteiger partial charge < -0.3 is 4.74 Å². The lowest BCUT2D eigenvalue weighted by Crippen LogP contribution is -2.14. The smallest absolute Gasteiger partial charge is 0.340 e. The molecule has 0 saturated heterocycles. The predicted molar refractivity (Wildman–Crippen MR) is 56.1 cm³/mol. The number of hydrogen-bond donors (Lipinski definition) is 0. The summed E-state index contributed by atoms with van der Waals surface area (Å²) < 4.78 is 4.46. The molecular weight excluding hydrogens is 212 g/mol. The van der Waals surface area contributed by atoms with Crippen LogP contribution in [0.3, 0.4) is 0 Å². The van der Waals surface area contributed by atoms with Crippen molar-refractivity contribution >= 4 is 12.0 Å². The molecule has 0 aromatic carbocycles. The van der Waals surface area contributed by atoms with Crippen LogP contribution in [-0.2, 0) is 9.53 Å². The van der Waals surface area contributed by atoms with E-state index in [0.29, 0.717) is 5.56 Å². The first-order valence-electron chi connectivity index (χ1n) is 4.44. The second-order valence-corrected chi connectivity index (χ2v) is 2.93. The maximum absolute atomic E-state index is 11.2. The molecule has 0 radical (unpaired) electrons. The number of ether oxygens (including phenoxy) is 1. The van der Waals surface area contributed by atoms with E-state index in [-0.39, 0.29) is 5.57 Å². The molecule has 0 unspecified atom stereocenters. The highest BCUT2D eigenvalue weighted by Crippen LogP contribution is 2.07. The molecule has 1 aromatic heterocycles. The van der Waals surface area contributed by atoms with E-state index < -0.39 is 17.4 Å². The lowest BCUT2D eigenvalue weighted by molar-refractivity contribution is -0.470. The minimum absolute atomic E-state index is 0.00120. The van der Waals surface area contributed by atoms with Crippen LogP contribution in [0.15, 0.2) is 30.1 Å². The number of esters is 1. The molecule has 0 N–H and O–H groups in total. The van der Waals surface area contributed by atoms with Gasteiger partial charge in [0.2, 0.25) is 6.54 Å². The van der Waals surface area contributed by atoms with Crippen molar-refractivity contribution in [2.75, 3.05) is 13.7 Å². The molecule has 0 atom stereocenters. The monoisotopic (exact) mass is 222 g/mol. The number of aromatic nitrogens is 1. The zero-order valence-electron chi connectivity index (χ0n) is 8.62. The molecule has 16 heavy (non-hydrogen) atoms. The van der Waals surface area contributed by atoms with Crippen LogP contribution in [0.4, 0.5) is 0 Å². The summed E-state index contributed by atoms with van der Waals surface area (Å²) in [6, 6.07) is 3.28. The fourth-order valence-electron chi connectivity index (χ4n) is 1.10. The van der Waals surface area contributed by atoms with E-state index in [9.17, 15) is 14.9 Å². The summed E-state index contributed by atoms with van der Waals surface area (Å²) in [6.07, 6.45) is 4.48. The van der Waals surface area contributed by atoms with Crippen molar-refractivity contribution in [3.05, 3.63) is 45.8 Å². The van der Waals surface area contributed by atoms with Crippen molar-refractivity contribution in [2.45, 2.75) is 0 Å². The maximum Gasteiger partial charge on any atom is 0.340 e. The summed E-state index contributed by atoms with van der Waals surface area (Å²) in [5.74, 6) is -0.700. The third-order valence-electron chi connectivity index (χ3n) is 1.79. The Morgan fingerprint density at radius 2 is 2.19 bits per heavy atom. The predicted octanol–water partition coefficient (Wildman–Crippen LogP) is 0.915. The van der Waals surface area contributed by atoms with Crippen molar-refractivity contribution in [2.24, 2.45) is 0 Å². The van der Waals surface area contributed by atoms with Crippen LogP contribution in [0.5, 0.6) is 0 Å². The average molecular weight is 222 g/mol. The van der Waals surface area contributed by atoms with Crippen LogP contribution in [0.1, 0.15) is 5.56 Å². The van der Waals surface area contributed by atoms with Gasteiger partial charge in [-0.1, -0.05) is 0 Å². The summed E-state index contributed by atoms with van der Waals surface area (Å²) >= 11 is 0. The molecule has 1 rings (SSSR count). The fraction of sp³-hybridized carbons (Fsp3) is 0.200. The molecule has 1 heterocycles. The van der Waals surface area contributed by atoms with Crippen LogP contribution in [0.25, 0.3) is 6.08 Å². The van der Waals surface area contributed by atoms with E-state index >= 15 is 0 Å². The Hall–Kier alpha value is -2.24. The highest BCUT2D eigenvalue weighted by molar-refractivity contribution is 5.93. The number of hydrogen-bond acceptors (Lipinski definition) is 5. The van der Waals surface area contributed by atoms with Crippen molar-refractivity contribution < 1.29 is 14.5 Å². The topological polar surface area (TPSA) is 82.3 Å². The van der Waals surface area contributed by atoms with E-state index in [4.69, 9.17) is 0 Å². The lowest BCUT2D eigenvalue weighted by Gasteiger charge is -2.00. The molecule has 0 bridgehead atoms. The second-order valence-electron chi connectivity index (χ2n) is 2.93. The zero-order valence-corrected chi connectivity index (χ0v) is 8.62. The Bertz CT molecular complexity index is 414. The zero-order chi connectivity index (χ0) is 12.0. The number of nitro groups is 1. The van der Waals surface area contributed by atoms with Crippen LogP contribution in [-0.4, -0.2) is 29.5 Å². The van der Waals surface area contributed by atoms with Crippen molar-refractivity contribution in [3.63, 3.8) is 0 Å². The van der Waals surface area contributed by atoms with Gasteiger partial charge >= 0.3 is 5.97 Å². The Morgan fingerprint density at radius 1 is 1.56 bits per heavy atom. The van der Waals surface area contributed by atoms with Crippen molar-refractivity contribution in [1.29, 1.82) is 0 Å². The molecule has 0 spiro atoms. The molecule has 0 saturated carbocycles. The minimum Gasteiger partial charge on any atom is -0.465 e. The van der Waals surface area contributed by atoms with Crippen molar-refractivity contribution in [3.8, 4) is 0 Å². The molecule has 6 nitrogen and oxygen atoms in total. The molecule has 0 aliphatic rings. The lowest BCUT2D eigenvalue weighted by atomic mass is 10.1. The van der Waals surface area contributed by atoms with Crippen LogP contribution in [0, 0.1) is 10.1 Å². The van der Waals surface area contributed by atoms with Gasteiger partial charge in [0.1, 0.15) is 5.57 Å². The largest absolute Gasteiger partial charge is 0.465 e.